The summed E-state index contributed by atoms with van der Waals surface area (Å²) in [4.78, 5) is 2.33. The van der Waals surface area contributed by atoms with Crippen LogP contribution in [0.4, 0.5) is 4.39 Å². The van der Waals surface area contributed by atoms with E-state index in [0.29, 0.717) is 18.5 Å². The van der Waals surface area contributed by atoms with Crippen LogP contribution >= 0.6 is 0 Å². The molecule has 116 valence electrons. The molecule has 1 heterocycles. The maximum absolute atomic E-state index is 14.0. The van der Waals surface area contributed by atoms with Gasteiger partial charge in [-0.05, 0) is 43.4 Å². The van der Waals surface area contributed by atoms with Gasteiger partial charge in [-0.15, -0.1) is 0 Å². The molecule has 1 aromatic rings. The smallest absolute Gasteiger partial charge is 0.127 e. The summed E-state index contributed by atoms with van der Waals surface area (Å²) in [5.41, 5.74) is 2.01. The average Bonchev–Trinajstić information content (AvgIpc) is 3.21. The van der Waals surface area contributed by atoms with Gasteiger partial charge < -0.3 is 10.1 Å². The summed E-state index contributed by atoms with van der Waals surface area (Å²) in [6.45, 7) is 4.42. The Balaban J connectivity index is 1.57. The Morgan fingerprint density at radius 2 is 2.19 bits per heavy atom. The van der Waals surface area contributed by atoms with Crippen molar-refractivity contribution in [1.29, 1.82) is 0 Å². The summed E-state index contributed by atoms with van der Waals surface area (Å²) in [5, 5.41) is 3.48. The third kappa shape index (κ3) is 4.25. The van der Waals surface area contributed by atoms with Crippen molar-refractivity contribution >= 4 is 0 Å². The number of benzene rings is 1. The van der Waals surface area contributed by atoms with E-state index in [4.69, 9.17) is 4.74 Å². The first-order valence-corrected chi connectivity index (χ1v) is 7.96. The fraction of sp³-hybridized carbons (Fsp3) is 0.647. The van der Waals surface area contributed by atoms with Crippen LogP contribution in [0, 0.1) is 11.7 Å². The first-order valence-electron chi connectivity index (χ1n) is 7.96. The van der Waals surface area contributed by atoms with Gasteiger partial charge in [-0.2, -0.15) is 0 Å². The van der Waals surface area contributed by atoms with Crippen molar-refractivity contribution < 1.29 is 9.13 Å². The lowest BCUT2D eigenvalue weighted by Crippen LogP contribution is -2.22. The zero-order valence-electron chi connectivity index (χ0n) is 12.8. The van der Waals surface area contributed by atoms with Gasteiger partial charge in [-0.25, -0.2) is 4.39 Å². The highest BCUT2D eigenvalue weighted by molar-refractivity contribution is 5.25. The normalized spacial score (nSPS) is 22.9. The Kier molecular flexibility index (Phi) is 4.88. The number of ether oxygens (including phenoxy) is 1. The molecule has 1 aliphatic carbocycles. The predicted octanol–water partition coefficient (Wildman–Crippen LogP) is 2.55. The van der Waals surface area contributed by atoms with Crippen molar-refractivity contribution in [2.75, 3.05) is 26.8 Å². The lowest BCUT2D eigenvalue weighted by molar-refractivity contribution is 0.152. The van der Waals surface area contributed by atoms with Gasteiger partial charge in [0, 0.05) is 38.3 Å². The molecule has 1 aliphatic heterocycles. The summed E-state index contributed by atoms with van der Waals surface area (Å²) >= 11 is 0. The fourth-order valence-corrected chi connectivity index (χ4v) is 3.08. The lowest BCUT2D eigenvalue weighted by atomic mass is 10.1. The van der Waals surface area contributed by atoms with E-state index in [1.165, 1.54) is 18.4 Å². The van der Waals surface area contributed by atoms with Crippen molar-refractivity contribution in [2.24, 2.45) is 5.92 Å². The van der Waals surface area contributed by atoms with E-state index in [0.717, 1.165) is 38.2 Å². The predicted molar refractivity (Wildman–Crippen MR) is 81.5 cm³/mol. The van der Waals surface area contributed by atoms with Crippen LogP contribution in [0.25, 0.3) is 0 Å². The zero-order chi connectivity index (χ0) is 14.7. The molecule has 0 spiro atoms. The summed E-state index contributed by atoms with van der Waals surface area (Å²) in [6, 6.07) is 6.22. The van der Waals surface area contributed by atoms with Crippen LogP contribution in [0.2, 0.25) is 0 Å². The molecule has 0 radical (unpaired) electrons. The monoisotopic (exact) mass is 292 g/mol. The van der Waals surface area contributed by atoms with Crippen LogP contribution in [-0.4, -0.2) is 37.7 Å². The van der Waals surface area contributed by atoms with Crippen molar-refractivity contribution in [2.45, 2.75) is 38.4 Å². The number of likely N-dealkylation sites (tertiary alicyclic amines) is 1. The summed E-state index contributed by atoms with van der Waals surface area (Å²) in [6.07, 6.45) is 3.71. The molecule has 0 amide bonds. The quantitative estimate of drug-likeness (QED) is 0.836. The van der Waals surface area contributed by atoms with Gasteiger partial charge in [0.1, 0.15) is 5.82 Å². The fourth-order valence-electron chi connectivity index (χ4n) is 3.08. The van der Waals surface area contributed by atoms with E-state index < -0.39 is 0 Å². The van der Waals surface area contributed by atoms with Gasteiger partial charge in [-0.3, -0.25) is 4.90 Å². The molecule has 0 bridgehead atoms. The van der Waals surface area contributed by atoms with Gasteiger partial charge in [0.2, 0.25) is 0 Å². The minimum Gasteiger partial charge on any atom is -0.384 e. The Hall–Kier alpha value is -0.970. The molecule has 2 fully saturated rings. The molecule has 2 aliphatic rings. The summed E-state index contributed by atoms with van der Waals surface area (Å²) < 4.78 is 19.2. The van der Waals surface area contributed by atoms with Crippen molar-refractivity contribution in [1.82, 2.24) is 10.2 Å². The van der Waals surface area contributed by atoms with Crippen LogP contribution in [0.15, 0.2) is 18.2 Å². The highest BCUT2D eigenvalue weighted by atomic mass is 19.1. The number of methoxy groups -OCH3 is 1. The van der Waals surface area contributed by atoms with Crippen LogP contribution in [0.1, 0.15) is 30.4 Å². The van der Waals surface area contributed by atoms with Crippen LogP contribution in [0.5, 0.6) is 0 Å². The van der Waals surface area contributed by atoms with Crippen LogP contribution < -0.4 is 5.32 Å². The molecule has 1 aromatic carbocycles. The molecule has 1 saturated heterocycles. The standard InChI is InChI=1S/C17H25FN2O/c1-21-12-14-6-7-20(10-14)11-15-8-13(2-5-17(15)18)9-19-16-3-4-16/h2,5,8,14,16,19H,3-4,6-7,9-12H2,1H3. The van der Waals surface area contributed by atoms with Crippen LogP contribution in [0.3, 0.4) is 0 Å². The highest BCUT2D eigenvalue weighted by Crippen LogP contribution is 2.22. The maximum Gasteiger partial charge on any atom is 0.127 e. The zero-order valence-corrected chi connectivity index (χ0v) is 12.8. The minimum absolute atomic E-state index is 0.0830. The molecule has 1 saturated carbocycles. The third-order valence-corrected chi connectivity index (χ3v) is 4.45. The van der Waals surface area contributed by atoms with Crippen molar-refractivity contribution in [3.8, 4) is 0 Å². The van der Waals surface area contributed by atoms with E-state index in [9.17, 15) is 4.39 Å². The SMILES string of the molecule is COCC1CCN(Cc2cc(CNC3CC3)ccc2F)C1. The Morgan fingerprint density at radius 1 is 1.33 bits per heavy atom. The number of nitrogens with one attached hydrogen (secondary N) is 1. The second kappa shape index (κ2) is 6.86. The minimum atomic E-state index is -0.0830. The van der Waals surface area contributed by atoms with E-state index in [1.807, 2.05) is 12.1 Å². The molecule has 0 aromatic heterocycles. The van der Waals surface area contributed by atoms with Gasteiger partial charge in [0.15, 0.2) is 0 Å². The molecule has 1 atom stereocenters. The number of rotatable bonds is 7. The van der Waals surface area contributed by atoms with E-state index >= 15 is 0 Å². The lowest BCUT2D eigenvalue weighted by Gasteiger charge is -2.17. The van der Waals surface area contributed by atoms with Gasteiger partial charge >= 0.3 is 0 Å². The molecule has 3 rings (SSSR count). The molecular formula is C17H25FN2O. The molecule has 1 unspecified atom stereocenters. The largest absolute Gasteiger partial charge is 0.384 e. The highest BCUT2D eigenvalue weighted by Gasteiger charge is 2.23. The van der Waals surface area contributed by atoms with Gasteiger partial charge in [-0.1, -0.05) is 12.1 Å². The Morgan fingerprint density at radius 3 is 2.95 bits per heavy atom. The second-order valence-corrected chi connectivity index (χ2v) is 6.43. The van der Waals surface area contributed by atoms with Crippen molar-refractivity contribution in [3.05, 3.63) is 35.1 Å². The van der Waals surface area contributed by atoms with Gasteiger partial charge in [0.05, 0.1) is 6.61 Å². The number of hydrogen-bond acceptors (Lipinski definition) is 3. The summed E-state index contributed by atoms with van der Waals surface area (Å²) in [7, 11) is 1.75. The first kappa shape index (κ1) is 14.9. The topological polar surface area (TPSA) is 24.5 Å². The Bertz CT molecular complexity index is 476. The molecular weight excluding hydrogens is 267 g/mol. The van der Waals surface area contributed by atoms with E-state index in [1.54, 1.807) is 13.2 Å². The number of nitrogens with zero attached hydrogens (tertiary/aromatic N) is 1. The molecule has 21 heavy (non-hydrogen) atoms. The van der Waals surface area contributed by atoms with Crippen LogP contribution in [-0.2, 0) is 17.8 Å². The first-order chi connectivity index (χ1) is 10.2. The molecule has 4 heteroatoms. The van der Waals surface area contributed by atoms with E-state index in [2.05, 4.69) is 10.2 Å². The Labute approximate surface area is 126 Å². The van der Waals surface area contributed by atoms with Gasteiger partial charge in [0.25, 0.3) is 0 Å². The number of halogens is 1. The van der Waals surface area contributed by atoms with Crippen molar-refractivity contribution in [3.63, 3.8) is 0 Å². The second-order valence-electron chi connectivity index (χ2n) is 6.43. The molecule has 3 nitrogen and oxygen atoms in total. The third-order valence-electron chi connectivity index (χ3n) is 4.45. The average molecular weight is 292 g/mol. The molecule has 1 N–H and O–H groups in total. The van der Waals surface area contributed by atoms with E-state index in [-0.39, 0.29) is 5.82 Å². The summed E-state index contributed by atoms with van der Waals surface area (Å²) in [5.74, 6) is 0.512. The number of hydrogen-bond donors (Lipinski definition) is 1. The maximum atomic E-state index is 14.0.